The molecule has 0 aromatic heterocycles. The number of amides is 1. The Kier molecular flexibility index (Phi) is 4.98. The highest BCUT2D eigenvalue weighted by Gasteiger charge is 2.10. The van der Waals surface area contributed by atoms with Crippen LogP contribution in [0.3, 0.4) is 0 Å². The van der Waals surface area contributed by atoms with E-state index in [9.17, 15) is 9.59 Å². The number of para-hydroxylation sites is 1. The lowest BCUT2D eigenvalue weighted by molar-refractivity contribution is -0.118. The van der Waals surface area contributed by atoms with Crippen molar-refractivity contribution in [3.05, 3.63) is 23.8 Å². The lowest BCUT2D eigenvalue weighted by Crippen LogP contribution is -2.11. The monoisotopic (exact) mass is 251 g/mol. The van der Waals surface area contributed by atoms with Crippen molar-refractivity contribution in [2.45, 2.75) is 19.3 Å². The number of hydrogen-bond acceptors (Lipinski definition) is 4. The van der Waals surface area contributed by atoms with E-state index in [-0.39, 0.29) is 17.2 Å². The van der Waals surface area contributed by atoms with E-state index in [0.717, 1.165) is 6.42 Å². The Morgan fingerprint density at radius 1 is 1.28 bits per heavy atom. The Labute approximate surface area is 105 Å². The van der Waals surface area contributed by atoms with Crippen molar-refractivity contribution in [2.75, 3.05) is 17.6 Å². The van der Waals surface area contributed by atoms with Crippen molar-refractivity contribution in [3.63, 3.8) is 0 Å². The van der Waals surface area contributed by atoms with Crippen LogP contribution in [0.5, 0.6) is 0 Å². The van der Waals surface area contributed by atoms with E-state index in [1.807, 2.05) is 0 Å². The van der Waals surface area contributed by atoms with Gasteiger partial charge in [0.2, 0.25) is 5.91 Å². The number of rotatable bonds is 7. The van der Waals surface area contributed by atoms with E-state index in [1.165, 1.54) is 6.07 Å². The summed E-state index contributed by atoms with van der Waals surface area (Å²) in [4.78, 5) is 21.4. The number of nitrogens with one attached hydrogen (secondary N) is 1. The first kappa shape index (κ1) is 13.8. The van der Waals surface area contributed by atoms with Crippen molar-refractivity contribution in [1.29, 1.82) is 0 Å². The van der Waals surface area contributed by atoms with Crippen molar-refractivity contribution >= 4 is 23.3 Å². The number of carbonyl (C=O) groups excluding carboxylic acids is 1. The van der Waals surface area contributed by atoms with Crippen LogP contribution in [0.1, 0.15) is 29.6 Å². The van der Waals surface area contributed by atoms with Crippen LogP contribution in [0, 0.1) is 0 Å². The molecule has 1 aromatic rings. The number of benzene rings is 1. The van der Waals surface area contributed by atoms with Gasteiger partial charge in [0.1, 0.15) is 0 Å². The third-order valence-corrected chi connectivity index (χ3v) is 2.50. The largest absolute Gasteiger partial charge is 0.478 e. The molecule has 0 spiro atoms. The highest BCUT2D eigenvalue weighted by Crippen LogP contribution is 2.22. The summed E-state index contributed by atoms with van der Waals surface area (Å²) in [6.07, 6.45) is 1.81. The molecule has 0 aliphatic heterocycles. The SMILES string of the molecule is NC(=O)CCCCNc1cccc(C(=O)O)c1N. The van der Waals surface area contributed by atoms with E-state index in [1.54, 1.807) is 12.1 Å². The molecule has 6 heteroatoms. The van der Waals surface area contributed by atoms with Crippen LogP contribution < -0.4 is 16.8 Å². The van der Waals surface area contributed by atoms with Gasteiger partial charge in [-0.2, -0.15) is 0 Å². The molecular weight excluding hydrogens is 234 g/mol. The fraction of sp³-hybridized carbons (Fsp3) is 0.333. The Morgan fingerprint density at radius 3 is 2.61 bits per heavy atom. The van der Waals surface area contributed by atoms with E-state index >= 15 is 0 Å². The molecule has 0 radical (unpaired) electrons. The molecule has 0 saturated carbocycles. The number of carbonyl (C=O) groups is 2. The minimum atomic E-state index is -1.05. The van der Waals surface area contributed by atoms with Crippen LogP contribution in [-0.2, 0) is 4.79 Å². The van der Waals surface area contributed by atoms with Crippen molar-refractivity contribution in [3.8, 4) is 0 Å². The second-order valence-electron chi connectivity index (χ2n) is 3.92. The number of nitrogen functional groups attached to an aromatic ring is 1. The van der Waals surface area contributed by atoms with Gasteiger partial charge in [-0.25, -0.2) is 4.79 Å². The molecule has 98 valence electrons. The number of aromatic carboxylic acids is 1. The zero-order valence-corrected chi connectivity index (χ0v) is 9.98. The average molecular weight is 251 g/mol. The second kappa shape index (κ2) is 6.48. The molecule has 0 bridgehead atoms. The molecule has 18 heavy (non-hydrogen) atoms. The average Bonchev–Trinajstić information content (AvgIpc) is 2.30. The molecule has 0 heterocycles. The number of primary amides is 1. The van der Waals surface area contributed by atoms with Gasteiger partial charge in [0.05, 0.1) is 16.9 Å². The third kappa shape index (κ3) is 3.97. The maximum Gasteiger partial charge on any atom is 0.337 e. The van der Waals surface area contributed by atoms with Crippen molar-refractivity contribution in [2.24, 2.45) is 5.73 Å². The Balaban J connectivity index is 2.50. The van der Waals surface area contributed by atoms with Gasteiger partial charge in [-0.1, -0.05) is 6.07 Å². The molecule has 1 amide bonds. The number of hydrogen-bond donors (Lipinski definition) is 4. The van der Waals surface area contributed by atoms with Crippen LogP contribution in [0.15, 0.2) is 18.2 Å². The second-order valence-corrected chi connectivity index (χ2v) is 3.92. The van der Waals surface area contributed by atoms with Crippen LogP contribution in [0.25, 0.3) is 0 Å². The minimum Gasteiger partial charge on any atom is -0.478 e. The Hall–Kier alpha value is -2.24. The Morgan fingerprint density at radius 2 is 2.00 bits per heavy atom. The topological polar surface area (TPSA) is 118 Å². The summed E-state index contributed by atoms with van der Waals surface area (Å²) in [5.74, 6) is -1.37. The summed E-state index contributed by atoms with van der Waals surface area (Å²) in [5.41, 5.74) is 11.6. The normalized spacial score (nSPS) is 10.0. The van der Waals surface area contributed by atoms with Crippen molar-refractivity contribution < 1.29 is 14.7 Å². The molecule has 0 unspecified atom stereocenters. The first-order valence-electron chi connectivity index (χ1n) is 5.66. The van der Waals surface area contributed by atoms with Gasteiger partial charge in [0.15, 0.2) is 0 Å². The van der Waals surface area contributed by atoms with E-state index in [4.69, 9.17) is 16.6 Å². The molecule has 0 atom stereocenters. The summed E-state index contributed by atoms with van der Waals surface area (Å²) in [7, 11) is 0. The molecule has 0 aliphatic rings. The molecule has 1 aromatic carbocycles. The number of anilines is 2. The van der Waals surface area contributed by atoms with Gasteiger partial charge < -0.3 is 21.9 Å². The first-order chi connectivity index (χ1) is 8.52. The quantitative estimate of drug-likeness (QED) is 0.426. The van der Waals surface area contributed by atoms with Gasteiger partial charge in [-0.15, -0.1) is 0 Å². The Bertz CT molecular complexity index is 446. The van der Waals surface area contributed by atoms with Crippen LogP contribution in [-0.4, -0.2) is 23.5 Å². The third-order valence-electron chi connectivity index (χ3n) is 2.50. The molecule has 1 rings (SSSR count). The summed E-state index contributed by atoms with van der Waals surface area (Å²) in [6.45, 7) is 0.612. The highest BCUT2D eigenvalue weighted by molar-refractivity contribution is 5.97. The zero-order valence-electron chi connectivity index (χ0n) is 9.98. The standard InChI is InChI=1S/C12H17N3O3/c13-10(16)6-1-2-7-15-9-5-3-4-8(11(9)14)12(17)18/h3-5,15H,1-2,6-7,14H2,(H2,13,16)(H,17,18). The molecular formula is C12H17N3O3. The molecule has 0 aliphatic carbocycles. The summed E-state index contributed by atoms with van der Waals surface area (Å²) < 4.78 is 0. The predicted octanol–water partition coefficient (Wildman–Crippen LogP) is 1.03. The van der Waals surface area contributed by atoms with Gasteiger partial charge in [0, 0.05) is 13.0 Å². The number of unbranched alkanes of at least 4 members (excludes halogenated alkanes) is 1. The van der Waals surface area contributed by atoms with Gasteiger partial charge in [-0.05, 0) is 25.0 Å². The lowest BCUT2D eigenvalue weighted by atomic mass is 10.1. The van der Waals surface area contributed by atoms with E-state index in [0.29, 0.717) is 25.1 Å². The maximum absolute atomic E-state index is 10.9. The lowest BCUT2D eigenvalue weighted by Gasteiger charge is -2.10. The van der Waals surface area contributed by atoms with Crippen LogP contribution >= 0.6 is 0 Å². The van der Waals surface area contributed by atoms with Gasteiger partial charge in [0.25, 0.3) is 0 Å². The number of carboxylic acids is 1. The molecule has 6 nitrogen and oxygen atoms in total. The van der Waals surface area contributed by atoms with Gasteiger partial charge >= 0.3 is 5.97 Å². The van der Waals surface area contributed by atoms with Crippen LogP contribution in [0.2, 0.25) is 0 Å². The minimum absolute atomic E-state index is 0.0807. The van der Waals surface area contributed by atoms with E-state index < -0.39 is 5.97 Å². The smallest absolute Gasteiger partial charge is 0.337 e. The van der Waals surface area contributed by atoms with E-state index in [2.05, 4.69) is 5.32 Å². The maximum atomic E-state index is 10.9. The molecule has 0 saturated heterocycles. The number of carboxylic acid groups (broad SMARTS) is 1. The van der Waals surface area contributed by atoms with Crippen LogP contribution in [0.4, 0.5) is 11.4 Å². The van der Waals surface area contributed by atoms with Gasteiger partial charge in [-0.3, -0.25) is 4.79 Å². The fourth-order valence-corrected chi connectivity index (χ4v) is 1.55. The van der Waals surface area contributed by atoms with Crippen molar-refractivity contribution in [1.82, 2.24) is 0 Å². The summed E-state index contributed by atoms with van der Waals surface area (Å²) >= 11 is 0. The highest BCUT2D eigenvalue weighted by atomic mass is 16.4. The number of nitrogens with two attached hydrogens (primary N) is 2. The zero-order chi connectivity index (χ0) is 13.5. The first-order valence-corrected chi connectivity index (χ1v) is 5.66. The summed E-state index contributed by atoms with van der Waals surface area (Å²) in [6, 6.07) is 4.80. The molecule has 0 fully saturated rings. The summed E-state index contributed by atoms with van der Waals surface area (Å²) in [5, 5.41) is 11.9. The molecule has 6 N–H and O–H groups in total. The fourth-order valence-electron chi connectivity index (χ4n) is 1.55. The predicted molar refractivity (Wildman–Crippen MR) is 69.3 cm³/mol.